The van der Waals surface area contributed by atoms with Crippen LogP contribution in [0.2, 0.25) is 0 Å². The first kappa shape index (κ1) is 17.9. The number of hydrogen-bond acceptors (Lipinski definition) is 5. The quantitative estimate of drug-likeness (QED) is 0.711. The summed E-state index contributed by atoms with van der Waals surface area (Å²) >= 11 is 0. The fraction of sp³-hybridized carbons (Fsp3) is 1.00. The molecule has 0 aromatic heterocycles. The van der Waals surface area contributed by atoms with Crippen LogP contribution in [0.15, 0.2) is 0 Å². The predicted octanol–water partition coefficient (Wildman–Crippen LogP) is 0.588. The van der Waals surface area contributed by atoms with E-state index >= 15 is 0 Å². The van der Waals surface area contributed by atoms with Crippen LogP contribution in [0.4, 0.5) is 0 Å². The summed E-state index contributed by atoms with van der Waals surface area (Å²) in [5.74, 6) is 0.291. The summed E-state index contributed by atoms with van der Waals surface area (Å²) in [6.07, 6.45) is 1.70. The number of piperazine rings is 1. The first-order valence-corrected chi connectivity index (χ1v) is 9.41. The third kappa shape index (κ3) is 5.31. The molecule has 0 radical (unpaired) electrons. The lowest BCUT2D eigenvalue weighted by atomic mass is 10.1. The zero-order valence-corrected chi connectivity index (χ0v) is 13.9. The van der Waals surface area contributed by atoms with Crippen LogP contribution in [0.25, 0.3) is 0 Å². The van der Waals surface area contributed by atoms with Gasteiger partial charge < -0.3 is 10.0 Å². The van der Waals surface area contributed by atoms with Crippen LogP contribution in [-0.4, -0.2) is 79.7 Å². The first-order valence-electron chi connectivity index (χ1n) is 7.69. The minimum absolute atomic E-state index is 0.225. The molecule has 1 saturated heterocycles. The molecule has 0 amide bonds. The van der Waals surface area contributed by atoms with Crippen molar-refractivity contribution in [3.63, 3.8) is 0 Å². The lowest BCUT2D eigenvalue weighted by molar-refractivity contribution is 0.0638. The van der Waals surface area contributed by atoms with Crippen molar-refractivity contribution in [1.29, 1.82) is 0 Å². The second-order valence-corrected chi connectivity index (χ2v) is 8.57. The summed E-state index contributed by atoms with van der Waals surface area (Å²) in [6.45, 7) is 10.5. The van der Waals surface area contributed by atoms with E-state index in [4.69, 9.17) is 0 Å². The smallest absolute Gasteiger partial charge is 0.152 e. The molecule has 20 heavy (non-hydrogen) atoms. The minimum Gasteiger partial charge on any atom is -0.395 e. The van der Waals surface area contributed by atoms with Crippen molar-refractivity contribution in [2.45, 2.75) is 44.9 Å². The van der Waals surface area contributed by atoms with Crippen LogP contribution >= 0.6 is 0 Å². The SMILES string of the molecule is CCC(CO)N1CCN(CCCS(=O)(=O)C(C)C)CC1. The Morgan fingerprint density at radius 2 is 1.75 bits per heavy atom. The summed E-state index contributed by atoms with van der Waals surface area (Å²) in [4.78, 5) is 4.66. The Bertz CT molecular complexity index is 359. The van der Waals surface area contributed by atoms with E-state index in [2.05, 4.69) is 16.7 Å². The van der Waals surface area contributed by atoms with Gasteiger partial charge >= 0.3 is 0 Å². The van der Waals surface area contributed by atoms with Gasteiger partial charge in [0.2, 0.25) is 0 Å². The third-order valence-corrected chi connectivity index (χ3v) is 6.52. The molecule has 0 aromatic rings. The van der Waals surface area contributed by atoms with Gasteiger partial charge in [-0.3, -0.25) is 4.90 Å². The van der Waals surface area contributed by atoms with E-state index in [1.165, 1.54) is 0 Å². The fourth-order valence-corrected chi connectivity index (χ4v) is 3.58. The Morgan fingerprint density at radius 1 is 1.15 bits per heavy atom. The standard InChI is InChI=1S/C14H30N2O3S/c1-4-14(12-17)16-9-7-15(8-10-16)6-5-11-20(18,19)13(2)3/h13-14,17H,4-12H2,1-3H3. The number of aliphatic hydroxyl groups excluding tert-OH is 1. The summed E-state index contributed by atoms with van der Waals surface area (Å²) in [7, 11) is -2.90. The second kappa shape index (κ2) is 8.32. The van der Waals surface area contributed by atoms with Gasteiger partial charge in [-0.1, -0.05) is 6.92 Å². The van der Waals surface area contributed by atoms with E-state index in [0.717, 1.165) is 45.6 Å². The fourth-order valence-electron chi connectivity index (χ4n) is 2.58. The number of sulfone groups is 1. The van der Waals surface area contributed by atoms with Gasteiger partial charge in [0.1, 0.15) is 0 Å². The Kier molecular flexibility index (Phi) is 7.43. The van der Waals surface area contributed by atoms with Crippen molar-refractivity contribution in [2.24, 2.45) is 0 Å². The van der Waals surface area contributed by atoms with E-state index in [1.54, 1.807) is 13.8 Å². The number of nitrogens with zero attached hydrogens (tertiary/aromatic N) is 2. The van der Waals surface area contributed by atoms with Crippen molar-refractivity contribution in [3.05, 3.63) is 0 Å². The van der Waals surface area contributed by atoms with Gasteiger partial charge in [-0.25, -0.2) is 8.42 Å². The Balaban J connectivity index is 2.26. The van der Waals surface area contributed by atoms with E-state index in [0.29, 0.717) is 5.75 Å². The van der Waals surface area contributed by atoms with Crippen molar-refractivity contribution in [1.82, 2.24) is 9.80 Å². The molecular weight excluding hydrogens is 276 g/mol. The molecule has 1 aliphatic rings. The molecule has 1 atom stereocenters. The van der Waals surface area contributed by atoms with Gasteiger partial charge in [-0.2, -0.15) is 0 Å². The van der Waals surface area contributed by atoms with Crippen molar-refractivity contribution in [3.8, 4) is 0 Å². The zero-order valence-electron chi connectivity index (χ0n) is 13.1. The molecule has 1 rings (SSSR count). The van der Waals surface area contributed by atoms with Gasteiger partial charge in [-0.05, 0) is 33.2 Å². The summed E-state index contributed by atoms with van der Waals surface area (Å²) in [5, 5.41) is 9.04. The number of hydrogen-bond donors (Lipinski definition) is 1. The molecule has 0 aliphatic carbocycles. The van der Waals surface area contributed by atoms with Gasteiger partial charge in [-0.15, -0.1) is 0 Å². The highest BCUT2D eigenvalue weighted by atomic mass is 32.2. The Hall–Kier alpha value is -0.170. The molecule has 0 saturated carbocycles. The van der Waals surface area contributed by atoms with Crippen molar-refractivity contribution < 1.29 is 13.5 Å². The largest absolute Gasteiger partial charge is 0.395 e. The highest BCUT2D eigenvalue weighted by molar-refractivity contribution is 7.91. The summed E-state index contributed by atoms with van der Waals surface area (Å²) in [5.41, 5.74) is 0. The molecule has 0 bridgehead atoms. The molecule has 1 N–H and O–H groups in total. The third-order valence-electron chi connectivity index (χ3n) is 4.23. The first-order chi connectivity index (χ1) is 9.40. The van der Waals surface area contributed by atoms with E-state index < -0.39 is 9.84 Å². The lowest BCUT2D eigenvalue weighted by Gasteiger charge is -2.38. The van der Waals surface area contributed by atoms with Gasteiger partial charge in [0.25, 0.3) is 0 Å². The maximum Gasteiger partial charge on any atom is 0.152 e. The van der Waals surface area contributed by atoms with Crippen LogP contribution in [0.1, 0.15) is 33.6 Å². The average molecular weight is 306 g/mol. The maximum atomic E-state index is 11.7. The van der Waals surface area contributed by atoms with Crippen LogP contribution < -0.4 is 0 Å². The molecule has 120 valence electrons. The lowest BCUT2D eigenvalue weighted by Crippen LogP contribution is -2.51. The van der Waals surface area contributed by atoms with E-state index in [1.807, 2.05) is 0 Å². The molecule has 0 aromatic carbocycles. The van der Waals surface area contributed by atoms with Gasteiger partial charge in [0.15, 0.2) is 9.84 Å². The highest BCUT2D eigenvalue weighted by Gasteiger charge is 2.22. The van der Waals surface area contributed by atoms with Crippen LogP contribution in [-0.2, 0) is 9.84 Å². The molecule has 1 heterocycles. The molecule has 1 fully saturated rings. The van der Waals surface area contributed by atoms with E-state index in [-0.39, 0.29) is 17.9 Å². The van der Waals surface area contributed by atoms with Crippen LogP contribution in [0.3, 0.4) is 0 Å². The number of rotatable bonds is 8. The van der Waals surface area contributed by atoms with Crippen molar-refractivity contribution >= 4 is 9.84 Å². The number of aliphatic hydroxyl groups is 1. The van der Waals surface area contributed by atoms with Crippen molar-refractivity contribution in [2.75, 3.05) is 45.1 Å². The normalized spacial score (nSPS) is 20.4. The molecule has 0 spiro atoms. The molecule has 5 nitrogen and oxygen atoms in total. The Labute approximate surface area is 123 Å². The second-order valence-electron chi connectivity index (χ2n) is 5.89. The monoisotopic (exact) mass is 306 g/mol. The predicted molar refractivity (Wildman–Crippen MR) is 82.7 cm³/mol. The Morgan fingerprint density at radius 3 is 2.20 bits per heavy atom. The van der Waals surface area contributed by atoms with Crippen LogP contribution in [0.5, 0.6) is 0 Å². The molecule has 6 heteroatoms. The summed E-state index contributed by atoms with van der Waals surface area (Å²) in [6, 6.07) is 0.276. The van der Waals surface area contributed by atoms with Gasteiger partial charge in [0.05, 0.1) is 17.6 Å². The highest BCUT2D eigenvalue weighted by Crippen LogP contribution is 2.10. The summed E-state index contributed by atoms with van der Waals surface area (Å²) < 4.78 is 23.5. The molecular formula is C14H30N2O3S. The topological polar surface area (TPSA) is 60.9 Å². The minimum atomic E-state index is -2.90. The molecule has 1 unspecified atom stereocenters. The molecule has 1 aliphatic heterocycles. The van der Waals surface area contributed by atoms with Crippen LogP contribution in [0, 0.1) is 0 Å². The zero-order chi connectivity index (χ0) is 15.2. The maximum absolute atomic E-state index is 11.7. The van der Waals surface area contributed by atoms with Gasteiger partial charge in [0, 0.05) is 32.2 Å². The van der Waals surface area contributed by atoms with E-state index in [9.17, 15) is 13.5 Å². The average Bonchev–Trinajstić information content (AvgIpc) is 2.41.